The first-order valence-corrected chi connectivity index (χ1v) is 16.0. The number of piperazine rings is 1. The third-order valence-electron chi connectivity index (χ3n) is 8.70. The lowest BCUT2D eigenvalue weighted by molar-refractivity contribution is -0.132. The summed E-state index contributed by atoms with van der Waals surface area (Å²) < 4.78 is 0. The highest BCUT2D eigenvalue weighted by atomic mass is 16.3. The zero-order valence-corrected chi connectivity index (χ0v) is 26.6. The first kappa shape index (κ1) is 32.8. The molecule has 2 amide bonds. The zero-order chi connectivity index (χ0) is 32.0. The minimum atomic E-state index is -0.833. The average molecular weight is 614 g/mol. The summed E-state index contributed by atoms with van der Waals surface area (Å²) in [7, 11) is 0. The van der Waals surface area contributed by atoms with Crippen LogP contribution in [0.2, 0.25) is 0 Å². The van der Waals surface area contributed by atoms with E-state index in [2.05, 4.69) is 25.4 Å². The highest BCUT2D eigenvalue weighted by Gasteiger charge is 2.37. The van der Waals surface area contributed by atoms with Gasteiger partial charge in [0.15, 0.2) is 0 Å². The number of aliphatic hydroxyl groups excluding tert-OH is 2. The molecule has 9 nitrogen and oxygen atoms in total. The fraction of sp³-hybridized carbons (Fsp3) is 0.472. The zero-order valence-electron chi connectivity index (χ0n) is 26.6. The number of amides is 2. The van der Waals surface area contributed by atoms with Gasteiger partial charge in [-0.1, -0.05) is 60.7 Å². The summed E-state index contributed by atoms with van der Waals surface area (Å²) in [6.07, 6.45) is 3.26. The molecule has 2 heterocycles. The van der Waals surface area contributed by atoms with Crippen molar-refractivity contribution in [3.05, 3.63) is 101 Å². The van der Waals surface area contributed by atoms with Crippen molar-refractivity contribution in [1.82, 2.24) is 25.4 Å². The van der Waals surface area contributed by atoms with Crippen LogP contribution in [-0.2, 0) is 29.0 Å². The van der Waals surface area contributed by atoms with E-state index in [-0.39, 0.29) is 24.8 Å². The van der Waals surface area contributed by atoms with E-state index in [0.29, 0.717) is 32.5 Å². The van der Waals surface area contributed by atoms with E-state index in [1.54, 1.807) is 6.20 Å². The molecule has 0 radical (unpaired) electrons. The van der Waals surface area contributed by atoms with Gasteiger partial charge in [0.05, 0.1) is 18.2 Å². The Morgan fingerprint density at radius 1 is 1.00 bits per heavy atom. The fourth-order valence-electron chi connectivity index (χ4n) is 6.56. The molecule has 4 N–H and O–H groups in total. The van der Waals surface area contributed by atoms with E-state index in [9.17, 15) is 19.8 Å². The number of carbonyl (C=O) groups excluding carboxylic acids is 2. The Hall–Kier alpha value is -3.63. The molecule has 5 rings (SSSR count). The monoisotopic (exact) mass is 613 g/mol. The number of benzene rings is 2. The largest absolute Gasteiger partial charge is 0.392 e. The summed E-state index contributed by atoms with van der Waals surface area (Å²) in [4.78, 5) is 35.9. The van der Waals surface area contributed by atoms with Crippen molar-refractivity contribution in [2.75, 3.05) is 26.2 Å². The molecule has 1 fully saturated rings. The Morgan fingerprint density at radius 2 is 1.73 bits per heavy atom. The van der Waals surface area contributed by atoms with E-state index >= 15 is 0 Å². The van der Waals surface area contributed by atoms with Crippen LogP contribution in [0.15, 0.2) is 79.1 Å². The Kier molecular flexibility index (Phi) is 10.7. The van der Waals surface area contributed by atoms with Crippen molar-refractivity contribution < 1.29 is 19.8 Å². The Labute approximate surface area is 266 Å². The van der Waals surface area contributed by atoms with Crippen LogP contribution in [0.25, 0.3) is 0 Å². The normalized spacial score (nSPS) is 21.9. The number of hydrogen-bond acceptors (Lipinski definition) is 7. The molecule has 2 aliphatic rings. The smallest absolute Gasteiger partial charge is 0.239 e. The minimum absolute atomic E-state index is 0.0712. The van der Waals surface area contributed by atoms with Crippen molar-refractivity contribution in [2.24, 2.45) is 5.92 Å². The SMILES string of the molecule is CC(C)(C)NC(=O)[C@@H]1CN(Cc2cccnc2)CCN1C[C@H](O)C[C@@H](Cc1ccccc1)C(=O)N[C@@H]1c2ccccc2C[C@H]1O. The summed E-state index contributed by atoms with van der Waals surface area (Å²) in [5.74, 6) is -0.781. The molecule has 5 atom stereocenters. The van der Waals surface area contributed by atoms with Crippen LogP contribution >= 0.6 is 0 Å². The lowest BCUT2D eigenvalue weighted by Gasteiger charge is -2.42. The van der Waals surface area contributed by atoms with Gasteiger partial charge in [-0.15, -0.1) is 0 Å². The maximum absolute atomic E-state index is 13.8. The molecule has 9 heteroatoms. The van der Waals surface area contributed by atoms with E-state index < -0.39 is 35.7 Å². The maximum Gasteiger partial charge on any atom is 0.239 e. The fourth-order valence-corrected chi connectivity index (χ4v) is 6.56. The molecule has 2 aromatic carbocycles. The number of hydrogen-bond donors (Lipinski definition) is 4. The highest BCUT2D eigenvalue weighted by molar-refractivity contribution is 5.83. The van der Waals surface area contributed by atoms with Gasteiger partial charge in [0.25, 0.3) is 0 Å². The molecule has 240 valence electrons. The van der Waals surface area contributed by atoms with Gasteiger partial charge < -0.3 is 20.8 Å². The topological polar surface area (TPSA) is 118 Å². The van der Waals surface area contributed by atoms with Gasteiger partial charge in [-0.05, 0) is 61.9 Å². The first-order valence-electron chi connectivity index (χ1n) is 16.0. The van der Waals surface area contributed by atoms with Gasteiger partial charge in [0, 0.05) is 63.0 Å². The van der Waals surface area contributed by atoms with Crippen LogP contribution in [-0.4, -0.2) is 86.8 Å². The van der Waals surface area contributed by atoms with Gasteiger partial charge in [-0.3, -0.25) is 24.4 Å². The number of aromatic nitrogens is 1. The summed E-state index contributed by atoms with van der Waals surface area (Å²) in [6.45, 7) is 8.74. The van der Waals surface area contributed by atoms with Crippen LogP contribution < -0.4 is 10.6 Å². The molecule has 1 aromatic heterocycles. The number of fused-ring (bicyclic) bond motifs is 1. The van der Waals surface area contributed by atoms with Crippen molar-refractivity contribution >= 4 is 11.8 Å². The van der Waals surface area contributed by atoms with Gasteiger partial charge in [-0.2, -0.15) is 0 Å². The average Bonchev–Trinajstić information content (AvgIpc) is 3.32. The summed E-state index contributed by atoms with van der Waals surface area (Å²) in [5.41, 5.74) is 3.68. The maximum atomic E-state index is 13.8. The highest BCUT2D eigenvalue weighted by Crippen LogP contribution is 2.32. The predicted octanol–water partition coefficient (Wildman–Crippen LogP) is 2.87. The Balaban J connectivity index is 1.29. The molecule has 1 saturated heterocycles. The van der Waals surface area contributed by atoms with Crippen molar-refractivity contribution in [3.8, 4) is 0 Å². The molecular formula is C36H47N5O4. The molecular weight excluding hydrogens is 566 g/mol. The molecule has 0 saturated carbocycles. The minimum Gasteiger partial charge on any atom is -0.392 e. The summed E-state index contributed by atoms with van der Waals surface area (Å²) in [5, 5.41) is 28.5. The van der Waals surface area contributed by atoms with Crippen LogP contribution in [0.1, 0.15) is 55.5 Å². The van der Waals surface area contributed by atoms with Crippen molar-refractivity contribution in [2.45, 2.75) is 76.4 Å². The number of aliphatic hydroxyl groups is 2. The van der Waals surface area contributed by atoms with Gasteiger partial charge in [-0.25, -0.2) is 0 Å². The van der Waals surface area contributed by atoms with Crippen LogP contribution in [0.5, 0.6) is 0 Å². The second-order valence-corrected chi connectivity index (χ2v) is 13.6. The summed E-state index contributed by atoms with van der Waals surface area (Å²) >= 11 is 0. The van der Waals surface area contributed by atoms with E-state index in [1.165, 1.54) is 0 Å². The summed E-state index contributed by atoms with van der Waals surface area (Å²) in [6, 6.07) is 20.6. The number of nitrogens with zero attached hydrogens (tertiary/aromatic N) is 3. The Morgan fingerprint density at radius 3 is 2.47 bits per heavy atom. The molecule has 0 bridgehead atoms. The lowest BCUT2D eigenvalue weighted by Crippen LogP contribution is -2.61. The van der Waals surface area contributed by atoms with Gasteiger partial charge >= 0.3 is 0 Å². The van der Waals surface area contributed by atoms with Crippen LogP contribution in [0, 0.1) is 5.92 Å². The molecule has 1 aliphatic carbocycles. The molecule has 45 heavy (non-hydrogen) atoms. The van der Waals surface area contributed by atoms with Crippen molar-refractivity contribution in [1.29, 1.82) is 0 Å². The molecule has 0 spiro atoms. The standard InChI is InChI=1S/C36H47N5O4/c1-36(2,3)39-35(45)31-24-40(22-26-12-9-15-37-21-26)16-17-41(31)23-29(42)19-28(18-25-10-5-4-6-11-25)34(44)38-33-30-14-8-7-13-27(30)20-32(33)43/h4-15,21,28-29,31-33,42-43H,16-20,22-24H2,1-3H3,(H,38,44)(H,39,45)/t28-,29-,31+,32-,33-/m1/s1. The number of nitrogens with one attached hydrogen (secondary N) is 2. The number of rotatable bonds is 11. The number of carbonyl (C=O) groups is 2. The van der Waals surface area contributed by atoms with Crippen molar-refractivity contribution in [3.63, 3.8) is 0 Å². The molecule has 1 aliphatic heterocycles. The van der Waals surface area contributed by atoms with Gasteiger partial charge in [0.1, 0.15) is 6.04 Å². The van der Waals surface area contributed by atoms with E-state index in [1.807, 2.05) is 93.7 Å². The van der Waals surface area contributed by atoms with E-state index in [4.69, 9.17) is 0 Å². The second-order valence-electron chi connectivity index (χ2n) is 13.6. The van der Waals surface area contributed by atoms with E-state index in [0.717, 1.165) is 28.8 Å². The number of pyridine rings is 1. The lowest BCUT2D eigenvalue weighted by atomic mass is 9.91. The van der Waals surface area contributed by atoms with Gasteiger partial charge in [0.2, 0.25) is 11.8 Å². The molecule has 3 aromatic rings. The van der Waals surface area contributed by atoms with Crippen LogP contribution in [0.4, 0.5) is 0 Å². The third-order valence-corrected chi connectivity index (χ3v) is 8.70. The predicted molar refractivity (Wildman–Crippen MR) is 174 cm³/mol. The first-order chi connectivity index (χ1) is 21.6. The molecule has 0 unspecified atom stereocenters. The second kappa shape index (κ2) is 14.6. The quantitative estimate of drug-likeness (QED) is 0.263. The van der Waals surface area contributed by atoms with Crippen LogP contribution in [0.3, 0.4) is 0 Å². The third kappa shape index (κ3) is 8.98. The Bertz CT molecular complexity index is 1410. The number of β-amino-alcohol motifs (C(OH)–C–C–N with tert-alkyl or cyclic N) is 1.